The molecular formula is C16H18N2O4. The molecule has 0 fully saturated rings. The van der Waals surface area contributed by atoms with Crippen LogP contribution in [0, 0.1) is 0 Å². The Morgan fingerprint density at radius 1 is 1.18 bits per heavy atom. The van der Waals surface area contributed by atoms with E-state index in [2.05, 4.69) is 0 Å². The van der Waals surface area contributed by atoms with Crippen molar-refractivity contribution in [2.45, 2.75) is 39.2 Å². The molecule has 1 aromatic carbocycles. The molecule has 0 aliphatic carbocycles. The fourth-order valence-corrected chi connectivity index (χ4v) is 2.55. The summed E-state index contributed by atoms with van der Waals surface area (Å²) in [5, 5.41) is 0. The summed E-state index contributed by atoms with van der Waals surface area (Å²) in [4.78, 5) is 49.1. The Labute approximate surface area is 128 Å². The van der Waals surface area contributed by atoms with Crippen LogP contribution in [0.1, 0.15) is 53.8 Å². The lowest BCUT2D eigenvalue weighted by Crippen LogP contribution is -2.44. The van der Waals surface area contributed by atoms with Gasteiger partial charge in [0.05, 0.1) is 17.2 Å². The number of carbonyl (C=O) groups excluding carboxylic acids is 4. The lowest BCUT2D eigenvalue weighted by molar-refractivity contribution is -0.122. The second-order valence-corrected chi connectivity index (χ2v) is 5.34. The van der Waals surface area contributed by atoms with Crippen molar-refractivity contribution in [3.63, 3.8) is 0 Å². The van der Waals surface area contributed by atoms with Crippen molar-refractivity contribution in [1.29, 1.82) is 0 Å². The molecule has 1 unspecified atom stereocenters. The number of Topliss-reactive ketones (excluding diaryl/α,β-unsaturated/α-hetero) is 2. The predicted octanol–water partition coefficient (Wildman–Crippen LogP) is 1.58. The Morgan fingerprint density at radius 3 is 2.41 bits per heavy atom. The van der Waals surface area contributed by atoms with E-state index in [9.17, 15) is 19.2 Å². The minimum atomic E-state index is -0.913. The van der Waals surface area contributed by atoms with E-state index in [-0.39, 0.29) is 35.5 Å². The largest absolute Gasteiger partial charge is 0.399 e. The maximum absolute atomic E-state index is 12.4. The molecule has 2 rings (SSSR count). The third-order valence-electron chi connectivity index (χ3n) is 3.81. The van der Waals surface area contributed by atoms with Gasteiger partial charge in [0.1, 0.15) is 5.78 Å². The number of nitrogen functional groups attached to an aromatic ring is 1. The molecular weight excluding hydrogens is 284 g/mol. The average molecular weight is 302 g/mol. The first kappa shape index (κ1) is 15.9. The van der Waals surface area contributed by atoms with Gasteiger partial charge >= 0.3 is 0 Å². The van der Waals surface area contributed by atoms with Crippen molar-refractivity contribution in [2.75, 3.05) is 5.73 Å². The molecule has 0 spiro atoms. The second-order valence-electron chi connectivity index (χ2n) is 5.34. The highest BCUT2D eigenvalue weighted by Gasteiger charge is 2.41. The summed E-state index contributed by atoms with van der Waals surface area (Å²) in [6.07, 6.45) is 0.683. The Hall–Kier alpha value is -2.50. The van der Waals surface area contributed by atoms with E-state index in [1.54, 1.807) is 6.92 Å². The van der Waals surface area contributed by atoms with Crippen LogP contribution in [0.5, 0.6) is 0 Å². The first-order valence-corrected chi connectivity index (χ1v) is 7.16. The molecule has 22 heavy (non-hydrogen) atoms. The third-order valence-corrected chi connectivity index (χ3v) is 3.81. The average Bonchev–Trinajstić information content (AvgIpc) is 2.71. The highest BCUT2D eigenvalue weighted by atomic mass is 16.2. The molecule has 0 saturated carbocycles. The van der Waals surface area contributed by atoms with Crippen LogP contribution in [0.3, 0.4) is 0 Å². The normalized spacial score (nSPS) is 14.9. The lowest BCUT2D eigenvalue weighted by atomic mass is 10.0. The van der Waals surface area contributed by atoms with Crippen LogP contribution in [0.15, 0.2) is 18.2 Å². The number of hydrogen-bond donors (Lipinski definition) is 1. The number of carbonyl (C=O) groups is 4. The Balaban J connectivity index is 2.30. The fourth-order valence-electron chi connectivity index (χ4n) is 2.55. The van der Waals surface area contributed by atoms with E-state index < -0.39 is 17.9 Å². The van der Waals surface area contributed by atoms with E-state index in [1.807, 2.05) is 0 Å². The first-order valence-electron chi connectivity index (χ1n) is 7.16. The van der Waals surface area contributed by atoms with Gasteiger partial charge in [0.2, 0.25) is 0 Å². The van der Waals surface area contributed by atoms with Gasteiger partial charge in [0.15, 0.2) is 5.78 Å². The minimum absolute atomic E-state index is 0.00731. The number of hydrogen-bond acceptors (Lipinski definition) is 5. The van der Waals surface area contributed by atoms with E-state index >= 15 is 0 Å². The molecule has 1 heterocycles. The highest BCUT2D eigenvalue weighted by Crippen LogP contribution is 2.28. The topological polar surface area (TPSA) is 97.5 Å². The van der Waals surface area contributed by atoms with Gasteiger partial charge < -0.3 is 5.73 Å². The number of fused-ring (bicyclic) bond motifs is 1. The summed E-state index contributed by atoms with van der Waals surface area (Å²) in [7, 11) is 0. The van der Waals surface area contributed by atoms with Crippen LogP contribution >= 0.6 is 0 Å². The molecule has 0 saturated heterocycles. The molecule has 116 valence electrons. The monoisotopic (exact) mass is 302 g/mol. The zero-order chi connectivity index (χ0) is 16.4. The SMILES string of the molecule is CCC(=O)CCC(C(C)=O)N1C(=O)c2ccc(N)cc2C1=O. The molecule has 6 nitrogen and oxygen atoms in total. The molecule has 1 atom stereocenters. The van der Waals surface area contributed by atoms with Crippen LogP contribution in [0.2, 0.25) is 0 Å². The lowest BCUT2D eigenvalue weighted by Gasteiger charge is -2.23. The zero-order valence-corrected chi connectivity index (χ0v) is 12.6. The third kappa shape index (κ3) is 2.77. The van der Waals surface area contributed by atoms with Crippen LogP contribution in [-0.2, 0) is 9.59 Å². The van der Waals surface area contributed by atoms with Crippen molar-refractivity contribution in [2.24, 2.45) is 0 Å². The number of ketones is 2. The van der Waals surface area contributed by atoms with Gasteiger partial charge in [-0.1, -0.05) is 6.92 Å². The molecule has 0 bridgehead atoms. The van der Waals surface area contributed by atoms with Crippen LogP contribution in [-0.4, -0.2) is 34.3 Å². The summed E-state index contributed by atoms with van der Waals surface area (Å²) >= 11 is 0. The Kier molecular flexibility index (Phi) is 4.40. The quantitative estimate of drug-likeness (QED) is 0.635. The zero-order valence-electron chi connectivity index (χ0n) is 12.6. The van der Waals surface area contributed by atoms with Gasteiger partial charge in [-0.3, -0.25) is 24.1 Å². The summed E-state index contributed by atoms with van der Waals surface area (Å²) in [6.45, 7) is 3.05. The predicted molar refractivity (Wildman–Crippen MR) is 80.4 cm³/mol. The number of benzene rings is 1. The van der Waals surface area contributed by atoms with Crippen molar-refractivity contribution >= 4 is 29.1 Å². The number of nitrogens with two attached hydrogens (primary N) is 1. The molecule has 0 radical (unpaired) electrons. The number of rotatable bonds is 6. The minimum Gasteiger partial charge on any atom is -0.399 e. The maximum Gasteiger partial charge on any atom is 0.262 e. The van der Waals surface area contributed by atoms with Gasteiger partial charge in [-0.2, -0.15) is 0 Å². The standard InChI is InChI=1S/C16H18N2O4/c1-3-11(20)5-7-14(9(2)19)18-15(21)12-6-4-10(17)8-13(12)16(18)22/h4,6,8,14H,3,5,7,17H2,1-2H3. The van der Waals surface area contributed by atoms with Crippen molar-refractivity contribution in [3.8, 4) is 0 Å². The summed E-state index contributed by atoms with van der Waals surface area (Å²) < 4.78 is 0. The highest BCUT2D eigenvalue weighted by molar-refractivity contribution is 6.23. The number of imide groups is 1. The molecule has 1 aliphatic heterocycles. The molecule has 2 amide bonds. The number of anilines is 1. The molecule has 1 aromatic rings. The van der Waals surface area contributed by atoms with Crippen LogP contribution < -0.4 is 5.73 Å². The second kappa shape index (κ2) is 6.09. The number of nitrogens with zero attached hydrogens (tertiary/aromatic N) is 1. The first-order chi connectivity index (χ1) is 10.4. The number of amides is 2. The Morgan fingerprint density at radius 2 is 1.82 bits per heavy atom. The van der Waals surface area contributed by atoms with Gasteiger partial charge in [0, 0.05) is 18.5 Å². The van der Waals surface area contributed by atoms with Crippen molar-refractivity contribution in [3.05, 3.63) is 29.3 Å². The van der Waals surface area contributed by atoms with E-state index in [1.165, 1.54) is 25.1 Å². The molecule has 6 heteroatoms. The van der Waals surface area contributed by atoms with Gasteiger partial charge in [-0.05, 0) is 31.5 Å². The van der Waals surface area contributed by atoms with Crippen LogP contribution in [0.25, 0.3) is 0 Å². The Bertz CT molecular complexity index is 666. The summed E-state index contributed by atoms with van der Waals surface area (Å²) in [5.74, 6) is -1.36. The van der Waals surface area contributed by atoms with Crippen molar-refractivity contribution < 1.29 is 19.2 Å². The van der Waals surface area contributed by atoms with Crippen LogP contribution in [0.4, 0.5) is 5.69 Å². The summed E-state index contributed by atoms with van der Waals surface area (Å²) in [6, 6.07) is 3.55. The fraction of sp³-hybridized carbons (Fsp3) is 0.375. The van der Waals surface area contributed by atoms with E-state index in [0.717, 1.165) is 4.90 Å². The van der Waals surface area contributed by atoms with E-state index in [0.29, 0.717) is 12.1 Å². The maximum atomic E-state index is 12.4. The summed E-state index contributed by atoms with van der Waals surface area (Å²) in [5.41, 5.74) is 6.47. The van der Waals surface area contributed by atoms with E-state index in [4.69, 9.17) is 5.73 Å². The smallest absolute Gasteiger partial charge is 0.262 e. The molecule has 0 aromatic heterocycles. The van der Waals surface area contributed by atoms with Crippen molar-refractivity contribution in [1.82, 2.24) is 4.90 Å². The van der Waals surface area contributed by atoms with Gasteiger partial charge in [0.25, 0.3) is 11.8 Å². The van der Waals surface area contributed by atoms with Gasteiger partial charge in [-0.15, -0.1) is 0 Å². The van der Waals surface area contributed by atoms with Gasteiger partial charge in [-0.25, -0.2) is 0 Å². The molecule has 1 aliphatic rings. The molecule has 2 N–H and O–H groups in total.